The van der Waals surface area contributed by atoms with Crippen molar-refractivity contribution in [2.75, 3.05) is 0 Å². The van der Waals surface area contributed by atoms with Gasteiger partial charge in [-0.2, -0.15) is 5.10 Å². The van der Waals surface area contributed by atoms with Gasteiger partial charge in [-0.05, 0) is 11.6 Å². The van der Waals surface area contributed by atoms with Gasteiger partial charge in [0.1, 0.15) is 6.29 Å². The fourth-order valence-corrected chi connectivity index (χ4v) is 1.48. The fourth-order valence-electron chi connectivity index (χ4n) is 1.48. The molecule has 0 aliphatic carbocycles. The predicted molar refractivity (Wildman–Crippen MR) is 58.4 cm³/mol. The first-order valence-electron chi connectivity index (χ1n) is 4.82. The molecule has 3 nitrogen and oxygen atoms in total. The van der Waals surface area contributed by atoms with Crippen LogP contribution < -0.4 is 0 Å². The Morgan fingerprint density at radius 2 is 2.00 bits per heavy atom. The molecule has 0 spiro atoms. The zero-order chi connectivity index (χ0) is 10.7. The van der Waals surface area contributed by atoms with Crippen molar-refractivity contribution in [3.05, 3.63) is 42.1 Å². The van der Waals surface area contributed by atoms with Gasteiger partial charge in [0.2, 0.25) is 0 Å². The van der Waals surface area contributed by atoms with E-state index in [0.717, 1.165) is 23.1 Å². The van der Waals surface area contributed by atoms with Crippen molar-refractivity contribution in [1.82, 2.24) is 9.78 Å². The molecule has 76 valence electrons. The average Bonchev–Trinajstić information content (AvgIpc) is 2.67. The second kappa shape index (κ2) is 4.09. The van der Waals surface area contributed by atoms with Crippen molar-refractivity contribution in [1.29, 1.82) is 0 Å². The highest BCUT2D eigenvalue weighted by molar-refractivity contribution is 5.61. The van der Waals surface area contributed by atoms with Crippen molar-refractivity contribution in [2.45, 2.75) is 6.42 Å². The van der Waals surface area contributed by atoms with Gasteiger partial charge in [0.15, 0.2) is 0 Å². The van der Waals surface area contributed by atoms with E-state index >= 15 is 0 Å². The Morgan fingerprint density at radius 1 is 1.27 bits per heavy atom. The number of aromatic nitrogens is 2. The molecule has 3 heteroatoms. The van der Waals surface area contributed by atoms with Gasteiger partial charge in [0, 0.05) is 25.2 Å². The zero-order valence-corrected chi connectivity index (χ0v) is 8.55. The summed E-state index contributed by atoms with van der Waals surface area (Å²) in [7, 11) is 1.89. The fraction of sp³-hybridized carbons (Fsp3) is 0.167. The lowest BCUT2D eigenvalue weighted by Crippen LogP contribution is -1.89. The topological polar surface area (TPSA) is 34.9 Å². The van der Waals surface area contributed by atoms with Crippen molar-refractivity contribution >= 4 is 6.29 Å². The van der Waals surface area contributed by atoms with Gasteiger partial charge in [-0.25, -0.2) is 0 Å². The number of hydrogen-bond donors (Lipinski definition) is 0. The second-order valence-electron chi connectivity index (χ2n) is 3.44. The van der Waals surface area contributed by atoms with Crippen molar-refractivity contribution in [3.63, 3.8) is 0 Å². The molecule has 0 aliphatic rings. The Morgan fingerprint density at radius 3 is 2.53 bits per heavy atom. The largest absolute Gasteiger partial charge is 0.303 e. The Bertz CT molecular complexity index is 457. The lowest BCUT2D eigenvalue weighted by atomic mass is 10.1. The normalized spacial score (nSPS) is 10.2. The van der Waals surface area contributed by atoms with E-state index in [0.29, 0.717) is 6.42 Å². The molecule has 0 N–H and O–H groups in total. The van der Waals surface area contributed by atoms with Gasteiger partial charge >= 0.3 is 0 Å². The molecule has 0 radical (unpaired) electrons. The van der Waals surface area contributed by atoms with Gasteiger partial charge in [0.05, 0.1) is 5.69 Å². The summed E-state index contributed by atoms with van der Waals surface area (Å²) in [4.78, 5) is 10.3. The molecular weight excluding hydrogens is 188 g/mol. The van der Waals surface area contributed by atoms with Crippen molar-refractivity contribution < 1.29 is 4.79 Å². The van der Waals surface area contributed by atoms with Gasteiger partial charge < -0.3 is 4.79 Å². The van der Waals surface area contributed by atoms with Gasteiger partial charge in [-0.1, -0.05) is 24.3 Å². The van der Waals surface area contributed by atoms with Crippen LogP contribution in [-0.4, -0.2) is 16.1 Å². The molecule has 0 unspecified atom stereocenters. The summed E-state index contributed by atoms with van der Waals surface area (Å²) in [5, 5.41) is 4.30. The van der Waals surface area contributed by atoms with Crippen LogP contribution in [0.5, 0.6) is 0 Å². The molecule has 0 saturated heterocycles. The molecule has 0 atom stereocenters. The molecule has 15 heavy (non-hydrogen) atoms. The van der Waals surface area contributed by atoms with Crippen LogP contribution >= 0.6 is 0 Å². The Kier molecular flexibility index (Phi) is 2.63. The highest BCUT2D eigenvalue weighted by Gasteiger charge is 2.00. The quantitative estimate of drug-likeness (QED) is 0.708. The van der Waals surface area contributed by atoms with Crippen LogP contribution in [-0.2, 0) is 18.3 Å². The maximum atomic E-state index is 10.3. The van der Waals surface area contributed by atoms with Crippen LogP contribution in [0.1, 0.15) is 5.56 Å². The predicted octanol–water partition coefficient (Wildman–Crippen LogP) is 1.83. The van der Waals surface area contributed by atoms with E-state index in [-0.39, 0.29) is 0 Å². The molecule has 0 bridgehead atoms. The molecule has 1 heterocycles. The molecule has 1 aromatic heterocycles. The molecule has 0 amide bonds. The lowest BCUT2D eigenvalue weighted by molar-refractivity contribution is -0.107. The standard InChI is InChI=1S/C12H12N2O/c1-14-8-6-12(13-14)11-4-2-10(3-5-11)7-9-15/h2-6,8-9H,7H2,1H3. The number of rotatable bonds is 3. The smallest absolute Gasteiger partial charge is 0.124 e. The highest BCUT2D eigenvalue weighted by Crippen LogP contribution is 2.17. The van der Waals surface area contributed by atoms with Gasteiger partial charge in [-0.3, -0.25) is 4.68 Å². The van der Waals surface area contributed by atoms with Crippen molar-refractivity contribution in [3.8, 4) is 11.3 Å². The number of hydrogen-bond acceptors (Lipinski definition) is 2. The minimum Gasteiger partial charge on any atom is -0.303 e. The van der Waals surface area contributed by atoms with E-state index in [4.69, 9.17) is 0 Å². The third kappa shape index (κ3) is 2.13. The van der Waals surface area contributed by atoms with E-state index in [1.165, 1.54) is 0 Å². The summed E-state index contributed by atoms with van der Waals surface area (Å²) in [6.45, 7) is 0. The lowest BCUT2D eigenvalue weighted by Gasteiger charge is -1.98. The summed E-state index contributed by atoms with van der Waals surface area (Å²) in [5.41, 5.74) is 3.06. The molecule has 0 saturated carbocycles. The van der Waals surface area contributed by atoms with Crippen LogP contribution in [0, 0.1) is 0 Å². The van der Waals surface area contributed by atoms with E-state index in [1.54, 1.807) is 4.68 Å². The molecule has 1 aromatic carbocycles. The van der Waals surface area contributed by atoms with Crippen LogP contribution in [0.25, 0.3) is 11.3 Å². The van der Waals surface area contributed by atoms with Crippen molar-refractivity contribution in [2.24, 2.45) is 7.05 Å². The van der Waals surface area contributed by atoms with Crippen LogP contribution in [0.4, 0.5) is 0 Å². The first-order chi connectivity index (χ1) is 7.29. The van der Waals surface area contributed by atoms with E-state index < -0.39 is 0 Å². The summed E-state index contributed by atoms with van der Waals surface area (Å²) < 4.78 is 1.77. The molecule has 0 aliphatic heterocycles. The molecular formula is C12H12N2O. The third-order valence-corrected chi connectivity index (χ3v) is 2.28. The monoisotopic (exact) mass is 200 g/mol. The Balaban J connectivity index is 2.27. The Hall–Kier alpha value is -1.90. The Labute approximate surface area is 88.4 Å². The average molecular weight is 200 g/mol. The molecule has 0 fully saturated rings. The van der Waals surface area contributed by atoms with Crippen LogP contribution in [0.15, 0.2) is 36.5 Å². The van der Waals surface area contributed by atoms with Crippen LogP contribution in [0.3, 0.4) is 0 Å². The minimum atomic E-state index is 0.475. The van der Waals surface area contributed by atoms with Crippen LogP contribution in [0.2, 0.25) is 0 Å². The minimum absolute atomic E-state index is 0.475. The summed E-state index contributed by atoms with van der Waals surface area (Å²) in [5.74, 6) is 0. The number of benzene rings is 1. The number of aldehydes is 1. The van der Waals surface area contributed by atoms with Gasteiger partial charge in [0.25, 0.3) is 0 Å². The summed E-state index contributed by atoms with van der Waals surface area (Å²) in [6.07, 6.45) is 3.30. The molecule has 2 aromatic rings. The maximum Gasteiger partial charge on any atom is 0.124 e. The van der Waals surface area contributed by atoms with E-state index in [2.05, 4.69) is 5.10 Å². The highest BCUT2D eigenvalue weighted by atomic mass is 16.1. The number of carbonyl (C=O) groups is 1. The van der Waals surface area contributed by atoms with E-state index in [1.807, 2.05) is 43.6 Å². The zero-order valence-electron chi connectivity index (χ0n) is 8.55. The number of carbonyl (C=O) groups excluding carboxylic acids is 1. The maximum absolute atomic E-state index is 10.3. The first-order valence-corrected chi connectivity index (χ1v) is 4.82. The summed E-state index contributed by atoms with van der Waals surface area (Å²) >= 11 is 0. The molecule has 2 rings (SSSR count). The summed E-state index contributed by atoms with van der Waals surface area (Å²) in [6, 6.07) is 9.86. The number of nitrogens with zero attached hydrogens (tertiary/aromatic N) is 2. The first kappa shape index (κ1) is 9.65. The SMILES string of the molecule is Cn1ccc(-c2ccc(CC=O)cc2)n1. The van der Waals surface area contributed by atoms with E-state index in [9.17, 15) is 4.79 Å². The van der Waals surface area contributed by atoms with Gasteiger partial charge in [-0.15, -0.1) is 0 Å². The third-order valence-electron chi connectivity index (χ3n) is 2.28. The second-order valence-corrected chi connectivity index (χ2v) is 3.44. The number of aryl methyl sites for hydroxylation is 1.